The maximum atomic E-state index is 11.0. The normalized spacial score (nSPS) is 12.7. The molecule has 4 heteroatoms. The van der Waals surface area contributed by atoms with Crippen LogP contribution in [0.2, 0.25) is 0 Å². The average Bonchev–Trinajstić information content (AvgIpc) is 2.71. The van der Waals surface area contributed by atoms with E-state index in [1.165, 1.54) is 23.3 Å². The van der Waals surface area contributed by atoms with Crippen molar-refractivity contribution in [2.24, 2.45) is 0 Å². The molecule has 0 amide bonds. The minimum atomic E-state index is -0.627. The monoisotopic (exact) mass is 391 g/mol. The molecular weight excluding hydrogens is 362 g/mol. The van der Waals surface area contributed by atoms with Gasteiger partial charge in [0.15, 0.2) is 0 Å². The molecule has 0 aliphatic carbocycles. The van der Waals surface area contributed by atoms with Crippen molar-refractivity contribution in [2.75, 3.05) is 6.54 Å². The Morgan fingerprint density at radius 1 is 1.03 bits per heavy atom. The molecule has 29 heavy (non-hydrogen) atoms. The minimum absolute atomic E-state index is 0.115. The highest BCUT2D eigenvalue weighted by Gasteiger charge is 2.19. The largest absolute Gasteiger partial charge is 0.427 e. The molecule has 0 radical (unpaired) electrons. The summed E-state index contributed by atoms with van der Waals surface area (Å²) in [5.74, 6) is 0.129. The number of ether oxygens (including phenoxy) is 1. The minimum Gasteiger partial charge on any atom is -0.427 e. The van der Waals surface area contributed by atoms with Crippen LogP contribution in [0.4, 0.5) is 0 Å². The van der Waals surface area contributed by atoms with Crippen LogP contribution < -0.4 is 10.1 Å². The smallest absolute Gasteiger partial charge is 0.308 e. The van der Waals surface area contributed by atoms with Gasteiger partial charge >= 0.3 is 5.97 Å². The van der Waals surface area contributed by atoms with Crippen molar-refractivity contribution in [2.45, 2.75) is 45.3 Å². The summed E-state index contributed by atoms with van der Waals surface area (Å²) in [5.41, 5.74) is 2.02. The summed E-state index contributed by atoms with van der Waals surface area (Å²) in [7, 11) is 0. The van der Waals surface area contributed by atoms with Crippen molar-refractivity contribution >= 4 is 16.7 Å². The molecule has 152 valence electrons. The van der Waals surface area contributed by atoms with E-state index in [0.29, 0.717) is 12.3 Å². The number of hydrogen-bond donors (Lipinski definition) is 2. The van der Waals surface area contributed by atoms with Crippen molar-refractivity contribution in [3.8, 4) is 5.75 Å². The van der Waals surface area contributed by atoms with E-state index in [-0.39, 0.29) is 11.5 Å². The van der Waals surface area contributed by atoms with Gasteiger partial charge in [0.05, 0.1) is 6.10 Å². The number of aliphatic hydroxyl groups excluding tert-OH is 1. The van der Waals surface area contributed by atoms with Crippen LogP contribution in [-0.2, 0) is 11.2 Å². The van der Waals surface area contributed by atoms with Gasteiger partial charge in [0, 0.05) is 19.0 Å². The number of nitrogens with one attached hydrogen (secondary N) is 1. The first-order valence-corrected chi connectivity index (χ1v) is 10.0. The maximum Gasteiger partial charge on any atom is 0.308 e. The second-order valence-electron chi connectivity index (χ2n) is 8.08. The molecule has 0 aromatic heterocycles. The Kier molecular flexibility index (Phi) is 6.68. The van der Waals surface area contributed by atoms with Crippen LogP contribution >= 0.6 is 0 Å². The third-order valence-corrected chi connectivity index (χ3v) is 5.20. The highest BCUT2D eigenvalue weighted by atomic mass is 16.5. The Morgan fingerprint density at radius 3 is 2.45 bits per heavy atom. The third kappa shape index (κ3) is 5.89. The molecular formula is C25H29NO3. The highest BCUT2D eigenvalue weighted by molar-refractivity contribution is 5.85. The van der Waals surface area contributed by atoms with E-state index >= 15 is 0 Å². The number of carbonyl (C=O) groups excluding carboxylic acids is 1. The van der Waals surface area contributed by atoms with E-state index in [4.69, 9.17) is 4.74 Å². The van der Waals surface area contributed by atoms with E-state index in [9.17, 15) is 9.90 Å². The molecule has 0 fully saturated rings. The Bertz CT molecular complexity index is 958. The lowest BCUT2D eigenvalue weighted by molar-refractivity contribution is -0.131. The number of fused-ring (bicyclic) bond motifs is 1. The number of aliphatic hydroxyl groups is 1. The average molecular weight is 392 g/mol. The molecule has 0 aliphatic rings. The zero-order valence-electron chi connectivity index (χ0n) is 17.3. The second kappa shape index (κ2) is 9.21. The summed E-state index contributed by atoms with van der Waals surface area (Å²) in [6.07, 6.45) is 1.30. The van der Waals surface area contributed by atoms with Crippen LogP contribution in [0.15, 0.2) is 66.7 Å². The van der Waals surface area contributed by atoms with Gasteiger partial charge in [-0.05, 0) is 60.7 Å². The molecule has 0 spiro atoms. The number of hydrogen-bond acceptors (Lipinski definition) is 4. The van der Waals surface area contributed by atoms with Crippen molar-refractivity contribution < 1.29 is 14.6 Å². The van der Waals surface area contributed by atoms with Gasteiger partial charge in [-0.25, -0.2) is 0 Å². The standard InChI is InChI=1S/C25H29NO3/c1-18(27)29-22-13-11-21(12-14-22)24(28)17-26-25(2,3)16-15-20-9-6-8-19-7-4-5-10-23(19)20/h4-14,24,26,28H,15-17H2,1-3H3. The van der Waals surface area contributed by atoms with Crippen LogP contribution in [0.3, 0.4) is 0 Å². The van der Waals surface area contributed by atoms with Crippen molar-refractivity contribution in [3.63, 3.8) is 0 Å². The van der Waals surface area contributed by atoms with Gasteiger partial charge < -0.3 is 15.2 Å². The fourth-order valence-corrected chi connectivity index (χ4v) is 3.46. The van der Waals surface area contributed by atoms with Crippen LogP contribution in [0.25, 0.3) is 10.8 Å². The molecule has 0 heterocycles. The van der Waals surface area contributed by atoms with Gasteiger partial charge in [-0.3, -0.25) is 4.79 Å². The van der Waals surface area contributed by atoms with Gasteiger partial charge in [-0.15, -0.1) is 0 Å². The molecule has 0 bridgehead atoms. The van der Waals surface area contributed by atoms with Gasteiger partial charge in [-0.2, -0.15) is 0 Å². The highest BCUT2D eigenvalue weighted by Crippen LogP contribution is 2.23. The summed E-state index contributed by atoms with van der Waals surface area (Å²) >= 11 is 0. The molecule has 3 aromatic rings. The third-order valence-electron chi connectivity index (χ3n) is 5.20. The molecule has 0 saturated heterocycles. The molecule has 1 unspecified atom stereocenters. The number of benzene rings is 3. The van der Waals surface area contributed by atoms with Crippen LogP contribution in [0.5, 0.6) is 5.75 Å². The summed E-state index contributed by atoms with van der Waals surface area (Å²) in [5, 5.41) is 16.6. The second-order valence-corrected chi connectivity index (χ2v) is 8.08. The van der Waals surface area contributed by atoms with Crippen molar-refractivity contribution in [1.82, 2.24) is 5.32 Å². The summed E-state index contributed by atoms with van der Waals surface area (Å²) in [4.78, 5) is 11.0. The van der Waals surface area contributed by atoms with E-state index in [2.05, 4.69) is 61.6 Å². The summed E-state index contributed by atoms with van der Waals surface area (Å²) in [6.45, 7) is 6.14. The topological polar surface area (TPSA) is 58.6 Å². The summed E-state index contributed by atoms with van der Waals surface area (Å²) in [6, 6.07) is 21.9. The van der Waals surface area contributed by atoms with Crippen molar-refractivity contribution in [3.05, 3.63) is 77.9 Å². The molecule has 3 rings (SSSR count). The van der Waals surface area contributed by atoms with E-state index in [1.807, 2.05) is 0 Å². The molecule has 1 atom stereocenters. The number of β-amino-alcohol motifs (C(OH)–C–C–N with tert-alkyl or cyclic N) is 1. The van der Waals surface area contributed by atoms with Gasteiger partial charge in [0.25, 0.3) is 0 Å². The molecule has 0 saturated carbocycles. The Balaban J connectivity index is 1.55. The van der Waals surface area contributed by atoms with E-state index in [0.717, 1.165) is 18.4 Å². The predicted molar refractivity (Wildman–Crippen MR) is 117 cm³/mol. The Hall–Kier alpha value is -2.69. The number of aryl methyl sites for hydroxylation is 1. The zero-order valence-corrected chi connectivity index (χ0v) is 17.3. The number of carbonyl (C=O) groups is 1. The van der Waals surface area contributed by atoms with Gasteiger partial charge in [-0.1, -0.05) is 54.6 Å². The SMILES string of the molecule is CC(=O)Oc1ccc(C(O)CNC(C)(C)CCc2cccc3ccccc23)cc1. The number of rotatable bonds is 8. The van der Waals surface area contributed by atoms with Crippen LogP contribution in [-0.4, -0.2) is 23.2 Å². The zero-order chi connectivity index (χ0) is 20.9. The first kappa shape index (κ1) is 21.0. The summed E-state index contributed by atoms with van der Waals surface area (Å²) < 4.78 is 5.03. The van der Waals surface area contributed by atoms with Crippen molar-refractivity contribution in [1.29, 1.82) is 0 Å². The van der Waals surface area contributed by atoms with Crippen LogP contribution in [0.1, 0.15) is 44.4 Å². The number of esters is 1. The van der Waals surface area contributed by atoms with Crippen LogP contribution in [0, 0.1) is 0 Å². The molecule has 2 N–H and O–H groups in total. The molecule has 0 aliphatic heterocycles. The first-order valence-electron chi connectivity index (χ1n) is 10.0. The van der Waals surface area contributed by atoms with Gasteiger partial charge in [0.2, 0.25) is 0 Å². The van der Waals surface area contributed by atoms with E-state index < -0.39 is 6.10 Å². The predicted octanol–water partition coefficient (Wildman–Crippen LogP) is 4.80. The maximum absolute atomic E-state index is 11.0. The fraction of sp³-hybridized carbons (Fsp3) is 0.320. The molecule has 3 aromatic carbocycles. The quantitative estimate of drug-likeness (QED) is 0.428. The Morgan fingerprint density at radius 2 is 1.72 bits per heavy atom. The lowest BCUT2D eigenvalue weighted by atomic mass is 9.92. The lowest BCUT2D eigenvalue weighted by Crippen LogP contribution is -2.42. The van der Waals surface area contributed by atoms with Gasteiger partial charge in [0.1, 0.15) is 5.75 Å². The Labute approximate surface area is 172 Å². The molecule has 4 nitrogen and oxygen atoms in total. The van der Waals surface area contributed by atoms with E-state index in [1.54, 1.807) is 24.3 Å². The fourth-order valence-electron chi connectivity index (χ4n) is 3.46. The first-order chi connectivity index (χ1) is 13.8. The lowest BCUT2D eigenvalue weighted by Gasteiger charge is -2.28.